The molecule has 6 nitrogen and oxygen atoms in total. The highest BCUT2D eigenvalue weighted by molar-refractivity contribution is 5.13. The topological polar surface area (TPSA) is 88.4 Å². The number of hydrogen-bond acceptors (Lipinski definition) is 6. The average molecular weight is 340 g/mol. The van der Waals surface area contributed by atoms with Crippen LogP contribution in [-0.4, -0.2) is 59.2 Å². The van der Waals surface area contributed by atoms with Gasteiger partial charge in [0.2, 0.25) is 0 Å². The minimum atomic E-state index is -1.21. The Labute approximate surface area is 143 Å². The molecule has 1 aliphatic rings. The van der Waals surface area contributed by atoms with Crippen LogP contribution < -0.4 is 0 Å². The molecule has 3 N–H and O–H groups in total. The number of benzene rings is 1. The molecule has 1 fully saturated rings. The van der Waals surface area contributed by atoms with E-state index in [1.807, 2.05) is 30.3 Å². The lowest BCUT2D eigenvalue weighted by Gasteiger charge is -2.41. The van der Waals surface area contributed by atoms with E-state index >= 15 is 0 Å². The molecule has 6 heteroatoms. The average Bonchev–Trinajstić information content (AvgIpc) is 2.62. The van der Waals surface area contributed by atoms with Crippen LogP contribution in [0.4, 0.5) is 0 Å². The summed E-state index contributed by atoms with van der Waals surface area (Å²) in [6.45, 7) is 2.47. The van der Waals surface area contributed by atoms with E-state index in [9.17, 15) is 15.3 Å². The first-order valence-electron chi connectivity index (χ1n) is 8.57. The third-order valence-corrected chi connectivity index (χ3v) is 4.14. The number of hydrogen-bond donors (Lipinski definition) is 3. The van der Waals surface area contributed by atoms with Crippen LogP contribution >= 0.6 is 0 Å². The van der Waals surface area contributed by atoms with Gasteiger partial charge in [-0.25, -0.2) is 0 Å². The smallest absolute Gasteiger partial charge is 0.186 e. The van der Waals surface area contributed by atoms with Crippen molar-refractivity contribution in [1.29, 1.82) is 0 Å². The summed E-state index contributed by atoms with van der Waals surface area (Å²) >= 11 is 0. The van der Waals surface area contributed by atoms with Gasteiger partial charge in [0.25, 0.3) is 0 Å². The molecule has 5 atom stereocenters. The van der Waals surface area contributed by atoms with Crippen LogP contribution in [0, 0.1) is 0 Å². The molecule has 0 spiro atoms. The Bertz CT molecular complexity index is 452. The van der Waals surface area contributed by atoms with Crippen molar-refractivity contribution < 1.29 is 29.5 Å². The first-order valence-corrected chi connectivity index (χ1v) is 8.57. The fourth-order valence-corrected chi connectivity index (χ4v) is 2.71. The lowest BCUT2D eigenvalue weighted by atomic mass is 9.99. The standard InChI is InChI=1S/C18H28O6/c1-2-3-7-10-22-18-16(21)15(20)17(14(11-19)24-18)23-12-13-8-5-4-6-9-13/h4-6,8-9,14-21H,2-3,7,10-12H2,1H3/t14-,15-,16-,17-,18?/m1/s1. The summed E-state index contributed by atoms with van der Waals surface area (Å²) in [5, 5.41) is 30.1. The fourth-order valence-electron chi connectivity index (χ4n) is 2.71. The highest BCUT2D eigenvalue weighted by Gasteiger charge is 2.45. The Morgan fingerprint density at radius 1 is 1.04 bits per heavy atom. The zero-order valence-electron chi connectivity index (χ0n) is 14.1. The summed E-state index contributed by atoms with van der Waals surface area (Å²) in [4.78, 5) is 0. The second kappa shape index (κ2) is 10.1. The molecule has 1 aromatic rings. The maximum absolute atomic E-state index is 10.3. The molecule has 0 radical (unpaired) electrons. The molecule has 1 aliphatic heterocycles. The van der Waals surface area contributed by atoms with Gasteiger partial charge in [-0.05, 0) is 12.0 Å². The molecule has 0 bridgehead atoms. The van der Waals surface area contributed by atoms with Crippen LogP contribution in [0.25, 0.3) is 0 Å². The zero-order valence-corrected chi connectivity index (χ0v) is 14.1. The summed E-state index contributed by atoms with van der Waals surface area (Å²) in [6.07, 6.45) is -1.97. The highest BCUT2D eigenvalue weighted by Crippen LogP contribution is 2.25. The minimum Gasteiger partial charge on any atom is -0.394 e. The molecule has 136 valence electrons. The van der Waals surface area contributed by atoms with E-state index in [1.54, 1.807) is 0 Å². The van der Waals surface area contributed by atoms with Crippen molar-refractivity contribution in [2.45, 2.75) is 63.5 Å². The molecule has 0 aliphatic carbocycles. The van der Waals surface area contributed by atoms with Gasteiger partial charge in [0, 0.05) is 6.61 Å². The van der Waals surface area contributed by atoms with Gasteiger partial charge >= 0.3 is 0 Å². The van der Waals surface area contributed by atoms with E-state index in [4.69, 9.17) is 14.2 Å². The van der Waals surface area contributed by atoms with Crippen molar-refractivity contribution in [1.82, 2.24) is 0 Å². The van der Waals surface area contributed by atoms with Crippen molar-refractivity contribution in [3.05, 3.63) is 35.9 Å². The van der Waals surface area contributed by atoms with Crippen molar-refractivity contribution in [2.75, 3.05) is 13.2 Å². The zero-order chi connectivity index (χ0) is 17.4. The second-order valence-electron chi connectivity index (χ2n) is 6.05. The monoisotopic (exact) mass is 340 g/mol. The normalized spacial score (nSPS) is 30.4. The van der Waals surface area contributed by atoms with Gasteiger partial charge in [0.15, 0.2) is 6.29 Å². The maximum Gasteiger partial charge on any atom is 0.186 e. The Morgan fingerprint density at radius 3 is 2.46 bits per heavy atom. The molecule has 1 aromatic carbocycles. The van der Waals surface area contributed by atoms with E-state index in [2.05, 4.69) is 6.92 Å². The van der Waals surface area contributed by atoms with Gasteiger partial charge in [-0.3, -0.25) is 0 Å². The van der Waals surface area contributed by atoms with Crippen molar-refractivity contribution in [2.24, 2.45) is 0 Å². The van der Waals surface area contributed by atoms with Crippen molar-refractivity contribution >= 4 is 0 Å². The largest absolute Gasteiger partial charge is 0.394 e. The Morgan fingerprint density at radius 2 is 1.79 bits per heavy atom. The lowest BCUT2D eigenvalue weighted by Crippen LogP contribution is -2.60. The maximum atomic E-state index is 10.3. The van der Waals surface area contributed by atoms with E-state index in [0.29, 0.717) is 6.61 Å². The van der Waals surface area contributed by atoms with Gasteiger partial charge in [0.1, 0.15) is 24.4 Å². The van der Waals surface area contributed by atoms with E-state index in [1.165, 1.54) is 0 Å². The van der Waals surface area contributed by atoms with Crippen molar-refractivity contribution in [3.8, 4) is 0 Å². The van der Waals surface area contributed by atoms with Crippen LogP contribution in [0.2, 0.25) is 0 Å². The van der Waals surface area contributed by atoms with Crippen LogP contribution in [0.3, 0.4) is 0 Å². The molecule has 24 heavy (non-hydrogen) atoms. The second-order valence-corrected chi connectivity index (χ2v) is 6.05. The number of ether oxygens (including phenoxy) is 3. The number of aliphatic hydroxyl groups excluding tert-OH is 3. The summed E-state index contributed by atoms with van der Waals surface area (Å²) in [6, 6.07) is 9.50. The molecule has 2 rings (SSSR count). The minimum absolute atomic E-state index is 0.261. The van der Waals surface area contributed by atoms with Crippen LogP contribution in [0.15, 0.2) is 30.3 Å². The van der Waals surface area contributed by atoms with E-state index < -0.39 is 30.7 Å². The highest BCUT2D eigenvalue weighted by atomic mass is 16.7. The summed E-state index contributed by atoms with van der Waals surface area (Å²) in [7, 11) is 0. The van der Waals surface area contributed by atoms with Gasteiger partial charge in [0.05, 0.1) is 13.2 Å². The number of unbranched alkanes of at least 4 members (excludes halogenated alkanes) is 2. The molecule has 0 saturated carbocycles. The molecule has 1 unspecified atom stereocenters. The first kappa shape index (κ1) is 19.3. The molecule has 1 saturated heterocycles. The third-order valence-electron chi connectivity index (χ3n) is 4.14. The lowest BCUT2D eigenvalue weighted by molar-refractivity contribution is -0.309. The van der Waals surface area contributed by atoms with Gasteiger partial charge in [-0.1, -0.05) is 50.1 Å². The first-order chi connectivity index (χ1) is 11.7. The Balaban J connectivity index is 1.90. The Kier molecular flexibility index (Phi) is 8.11. The Hall–Kier alpha value is -1.02. The number of aliphatic hydroxyl groups is 3. The van der Waals surface area contributed by atoms with Gasteiger partial charge < -0.3 is 29.5 Å². The van der Waals surface area contributed by atoms with Crippen molar-refractivity contribution in [3.63, 3.8) is 0 Å². The van der Waals surface area contributed by atoms with E-state index in [0.717, 1.165) is 24.8 Å². The summed E-state index contributed by atoms with van der Waals surface area (Å²) < 4.78 is 16.8. The van der Waals surface area contributed by atoms with Gasteiger partial charge in [-0.15, -0.1) is 0 Å². The predicted octanol–water partition coefficient (Wildman–Crippen LogP) is 1.22. The van der Waals surface area contributed by atoms with Crippen LogP contribution in [-0.2, 0) is 20.8 Å². The summed E-state index contributed by atoms with van der Waals surface area (Å²) in [5.41, 5.74) is 0.939. The molecule has 0 amide bonds. The van der Waals surface area contributed by atoms with Crippen LogP contribution in [0.1, 0.15) is 31.7 Å². The quantitative estimate of drug-likeness (QED) is 0.586. The number of rotatable bonds is 9. The van der Waals surface area contributed by atoms with Gasteiger partial charge in [-0.2, -0.15) is 0 Å². The SMILES string of the molecule is CCCCCOC1O[C@H](CO)[C@@H](OCc2ccccc2)[C@H](O)[C@H]1O. The predicted molar refractivity (Wildman–Crippen MR) is 88.3 cm³/mol. The summed E-state index contributed by atoms with van der Waals surface area (Å²) in [5.74, 6) is 0. The fraction of sp³-hybridized carbons (Fsp3) is 0.667. The molecular formula is C18H28O6. The molecular weight excluding hydrogens is 312 g/mol. The van der Waals surface area contributed by atoms with E-state index in [-0.39, 0.29) is 13.2 Å². The molecule has 0 aromatic heterocycles. The van der Waals surface area contributed by atoms with Crippen LogP contribution in [0.5, 0.6) is 0 Å². The third kappa shape index (κ3) is 5.24. The molecule has 1 heterocycles.